The van der Waals surface area contributed by atoms with E-state index >= 15 is 0 Å². The molecule has 0 amide bonds. The fourth-order valence-electron chi connectivity index (χ4n) is 6.29. The summed E-state index contributed by atoms with van der Waals surface area (Å²) in [5, 5.41) is 2.24. The molecule has 6 aromatic rings. The lowest BCUT2D eigenvalue weighted by molar-refractivity contribution is -0.679. The second-order valence-corrected chi connectivity index (χ2v) is 14.6. The highest BCUT2D eigenvalue weighted by atomic mass is 32.2. The van der Waals surface area contributed by atoms with Crippen LogP contribution < -0.4 is 19.3 Å². The van der Waals surface area contributed by atoms with Gasteiger partial charge < -0.3 is 4.90 Å². The third-order valence-electron chi connectivity index (χ3n) is 8.59. The molecule has 0 saturated carbocycles. The number of hydrogen-bond donors (Lipinski definition) is 0. The summed E-state index contributed by atoms with van der Waals surface area (Å²) in [7, 11) is 0. The summed E-state index contributed by atoms with van der Waals surface area (Å²) < 4.78 is 5.98. The van der Waals surface area contributed by atoms with Crippen molar-refractivity contribution in [2.75, 3.05) is 6.54 Å². The zero-order valence-electron chi connectivity index (χ0n) is 27.9. The van der Waals surface area contributed by atoms with E-state index < -0.39 is 0 Å². The van der Waals surface area contributed by atoms with Crippen LogP contribution in [0, 0.1) is 0 Å². The van der Waals surface area contributed by atoms with Gasteiger partial charge in [0.2, 0.25) is 5.69 Å². The van der Waals surface area contributed by atoms with E-state index in [1.54, 1.807) is 34.4 Å². The number of nitrogens with zero attached hydrogens (tertiary/aromatic N) is 3. The fourth-order valence-corrected chi connectivity index (χ4v) is 9.96. The predicted octanol–water partition coefficient (Wildman–Crippen LogP) is 8.68. The Morgan fingerprint density at radius 3 is 1.80 bits per heavy atom. The summed E-state index contributed by atoms with van der Waals surface area (Å²) in [6.07, 6.45) is 6.35. The summed E-state index contributed by atoms with van der Waals surface area (Å²) in [5.41, 5.74) is 7.22. The topological polar surface area (TPSA) is 29.1 Å². The first-order valence-corrected chi connectivity index (χ1v) is 19.2. The number of thiazole rings is 2. The van der Waals surface area contributed by atoms with Crippen LogP contribution in [0.2, 0.25) is 0 Å². The van der Waals surface area contributed by atoms with Crippen molar-refractivity contribution in [3.63, 3.8) is 0 Å². The van der Waals surface area contributed by atoms with Gasteiger partial charge in [0.1, 0.15) is 16.1 Å². The van der Waals surface area contributed by atoms with Crippen molar-refractivity contribution in [1.29, 1.82) is 0 Å². The molecular formula is C42H38N3OS3+. The minimum Gasteiger partial charge on any atom is -0.335 e. The second-order valence-electron chi connectivity index (χ2n) is 11.5. The van der Waals surface area contributed by atoms with Gasteiger partial charge in [-0.1, -0.05) is 132 Å². The summed E-state index contributed by atoms with van der Waals surface area (Å²) >= 11 is 5.12. The zero-order valence-corrected chi connectivity index (χ0v) is 30.3. The molecule has 0 N–H and O–H groups in total. The number of benzene rings is 4. The van der Waals surface area contributed by atoms with Crippen LogP contribution in [-0.2, 0) is 13.1 Å². The maximum atomic E-state index is 13.9. The average molecular weight is 697 g/mol. The first-order valence-electron chi connectivity index (χ1n) is 16.7. The van der Waals surface area contributed by atoms with Crippen molar-refractivity contribution in [3.8, 4) is 21.7 Å². The Labute approximate surface area is 300 Å². The second kappa shape index (κ2) is 14.8. The van der Waals surface area contributed by atoms with Crippen LogP contribution >= 0.6 is 34.4 Å². The lowest BCUT2D eigenvalue weighted by Gasteiger charge is -2.21. The molecule has 7 rings (SSSR count). The Hall–Kier alpha value is -4.69. The number of rotatable bonds is 9. The van der Waals surface area contributed by atoms with E-state index in [0.717, 1.165) is 32.3 Å². The van der Waals surface area contributed by atoms with Gasteiger partial charge in [-0.15, -0.1) is 11.3 Å². The molecule has 3 heterocycles. The van der Waals surface area contributed by atoms with Crippen molar-refractivity contribution in [3.05, 3.63) is 168 Å². The molecule has 1 aliphatic heterocycles. The van der Waals surface area contributed by atoms with E-state index in [0.29, 0.717) is 6.54 Å². The summed E-state index contributed by atoms with van der Waals surface area (Å²) in [6, 6.07) is 42.4. The molecule has 0 unspecified atom stereocenters. The van der Waals surface area contributed by atoms with Gasteiger partial charge in [-0.25, -0.2) is 0 Å². The SMILES string of the molecule is CCN1C(c2ccccc2)=C(c2ccccc2)S/C1=C\C=c1\s/c(=C\c2sc(-c3ccccc3)c(-c3ccccc3)[n+]2CC)n(CC)c1=O. The quantitative estimate of drug-likeness (QED) is 0.142. The zero-order chi connectivity index (χ0) is 33.7. The Bertz CT molecular complexity index is 2320. The van der Waals surface area contributed by atoms with Crippen LogP contribution in [0.5, 0.6) is 0 Å². The number of thioether (sulfide) groups is 1. The Kier molecular flexibility index (Phi) is 9.94. The molecule has 0 radical (unpaired) electrons. The van der Waals surface area contributed by atoms with Gasteiger partial charge in [0.25, 0.3) is 10.6 Å². The normalized spacial score (nSPS) is 14.8. The molecule has 0 saturated heterocycles. The van der Waals surface area contributed by atoms with Gasteiger partial charge in [0, 0.05) is 23.6 Å². The van der Waals surface area contributed by atoms with Gasteiger partial charge >= 0.3 is 0 Å². The third kappa shape index (κ3) is 6.54. The van der Waals surface area contributed by atoms with Crippen molar-refractivity contribution in [1.82, 2.24) is 9.47 Å². The molecule has 7 heteroatoms. The number of allylic oxidation sites excluding steroid dienone is 1. The predicted molar refractivity (Wildman–Crippen MR) is 210 cm³/mol. The molecule has 0 aliphatic carbocycles. The number of aromatic nitrogens is 2. The lowest BCUT2D eigenvalue weighted by Crippen LogP contribution is -2.36. The molecule has 1 aliphatic rings. The molecule has 0 spiro atoms. The Morgan fingerprint density at radius 1 is 0.653 bits per heavy atom. The smallest absolute Gasteiger partial charge is 0.269 e. The minimum atomic E-state index is 0.0485. The van der Waals surface area contributed by atoms with E-state index in [1.807, 2.05) is 10.6 Å². The highest BCUT2D eigenvalue weighted by Crippen LogP contribution is 2.50. The maximum absolute atomic E-state index is 13.9. The Morgan fingerprint density at radius 2 is 1.22 bits per heavy atom. The highest BCUT2D eigenvalue weighted by Gasteiger charge is 2.29. The highest BCUT2D eigenvalue weighted by molar-refractivity contribution is 8.12. The fraction of sp³-hybridized carbons (Fsp3) is 0.143. The van der Waals surface area contributed by atoms with E-state index in [1.165, 1.54) is 43.4 Å². The van der Waals surface area contributed by atoms with Gasteiger partial charge in [-0.05, 0) is 61.7 Å². The van der Waals surface area contributed by atoms with Gasteiger partial charge in [0.05, 0.1) is 21.3 Å². The van der Waals surface area contributed by atoms with E-state index in [4.69, 9.17) is 0 Å². The molecule has 0 atom stereocenters. The van der Waals surface area contributed by atoms with Gasteiger partial charge in [0.15, 0.2) is 0 Å². The van der Waals surface area contributed by atoms with E-state index in [2.05, 4.69) is 164 Å². The average Bonchev–Trinajstić information content (AvgIpc) is 3.82. The van der Waals surface area contributed by atoms with Gasteiger partial charge in [-0.2, -0.15) is 4.57 Å². The van der Waals surface area contributed by atoms with E-state index in [9.17, 15) is 4.79 Å². The Balaban J connectivity index is 1.34. The van der Waals surface area contributed by atoms with Crippen LogP contribution in [0.25, 0.3) is 44.5 Å². The largest absolute Gasteiger partial charge is 0.335 e. The van der Waals surface area contributed by atoms with Crippen LogP contribution in [0.3, 0.4) is 0 Å². The number of hydrogen-bond acceptors (Lipinski definition) is 5. The van der Waals surface area contributed by atoms with Crippen molar-refractivity contribution in [2.24, 2.45) is 0 Å². The summed E-state index contributed by atoms with van der Waals surface area (Å²) in [4.78, 5) is 18.7. The molecule has 0 bridgehead atoms. The summed E-state index contributed by atoms with van der Waals surface area (Å²) in [5.74, 6) is 0. The molecule has 4 aromatic carbocycles. The van der Waals surface area contributed by atoms with Crippen LogP contribution in [-0.4, -0.2) is 16.0 Å². The third-order valence-corrected chi connectivity index (χ3v) is 12.0. The van der Waals surface area contributed by atoms with E-state index in [-0.39, 0.29) is 5.56 Å². The summed E-state index contributed by atoms with van der Waals surface area (Å²) in [6.45, 7) is 8.67. The molecule has 244 valence electrons. The molecule has 4 nitrogen and oxygen atoms in total. The van der Waals surface area contributed by atoms with Gasteiger partial charge in [-0.3, -0.25) is 9.36 Å². The standard InChI is InChI=1S/C42H38N3OS3/c1-4-43-35(48-40(32-23-15-9-16-24-32)38(43)30-19-11-7-12-20-30)28-27-34-42(46)45(6-3)37(47-34)29-36-44(5-2)39(31-21-13-8-14-22-31)41(49-36)33-25-17-10-18-26-33/h7-29H,4-6H2,1-3H3/q+1/b34-27+,35-28-. The van der Waals surface area contributed by atoms with Crippen LogP contribution in [0.4, 0.5) is 0 Å². The molecule has 0 fully saturated rings. The van der Waals surface area contributed by atoms with Crippen molar-refractivity contribution < 1.29 is 4.57 Å². The van der Waals surface area contributed by atoms with Crippen molar-refractivity contribution >= 4 is 57.2 Å². The monoisotopic (exact) mass is 696 g/mol. The minimum absolute atomic E-state index is 0.0485. The first-order chi connectivity index (χ1) is 24.1. The first kappa shape index (κ1) is 32.8. The maximum Gasteiger partial charge on any atom is 0.269 e. The molecular weight excluding hydrogens is 659 g/mol. The molecule has 2 aromatic heterocycles. The molecule has 49 heavy (non-hydrogen) atoms. The lowest BCUT2D eigenvalue weighted by atomic mass is 10.1. The van der Waals surface area contributed by atoms with Crippen LogP contribution in [0.1, 0.15) is 36.9 Å². The van der Waals surface area contributed by atoms with Crippen molar-refractivity contribution in [2.45, 2.75) is 33.9 Å². The van der Waals surface area contributed by atoms with Crippen LogP contribution in [0.15, 0.2) is 137 Å².